The van der Waals surface area contributed by atoms with E-state index in [9.17, 15) is 9.18 Å². The Labute approximate surface area is 107 Å². The first-order valence-corrected chi connectivity index (χ1v) is 5.79. The molecule has 0 aliphatic heterocycles. The number of halogens is 2. The molecule has 1 aromatic carbocycles. The van der Waals surface area contributed by atoms with E-state index in [4.69, 9.17) is 0 Å². The van der Waals surface area contributed by atoms with E-state index >= 15 is 0 Å². The van der Waals surface area contributed by atoms with Gasteiger partial charge in [-0.2, -0.15) is 0 Å². The summed E-state index contributed by atoms with van der Waals surface area (Å²) in [6.45, 7) is 1.92. The monoisotopic (exact) mass is 293 g/mol. The Morgan fingerprint density at radius 1 is 1.35 bits per heavy atom. The molecule has 86 valence electrons. The summed E-state index contributed by atoms with van der Waals surface area (Å²) in [5, 5.41) is 0. The fourth-order valence-electron chi connectivity index (χ4n) is 1.45. The number of nitrogens with zero attached hydrogens (tertiary/aromatic N) is 1. The summed E-state index contributed by atoms with van der Waals surface area (Å²) in [5.74, 6) is -0.945. The summed E-state index contributed by atoms with van der Waals surface area (Å²) >= 11 is 3.35. The number of ketones is 1. The molecule has 2 rings (SSSR count). The Morgan fingerprint density at radius 3 is 2.76 bits per heavy atom. The summed E-state index contributed by atoms with van der Waals surface area (Å²) in [5.41, 5.74) is 1.51. The molecule has 0 fully saturated rings. The largest absolute Gasteiger partial charge is 0.288 e. The van der Waals surface area contributed by atoms with Gasteiger partial charge in [0.2, 0.25) is 0 Å². The van der Waals surface area contributed by atoms with Crippen LogP contribution in [0.2, 0.25) is 0 Å². The molecular formula is C13H9BrFNO. The van der Waals surface area contributed by atoms with Crippen LogP contribution in [-0.4, -0.2) is 10.8 Å². The topological polar surface area (TPSA) is 30.0 Å². The third-order valence-corrected chi connectivity index (χ3v) is 3.31. The molecule has 0 radical (unpaired) electrons. The molecular weight excluding hydrogens is 285 g/mol. The number of hydrogen-bond acceptors (Lipinski definition) is 2. The molecule has 2 aromatic rings. The van der Waals surface area contributed by atoms with Crippen LogP contribution in [0.4, 0.5) is 4.39 Å². The van der Waals surface area contributed by atoms with Gasteiger partial charge in [0.25, 0.3) is 0 Å². The lowest BCUT2D eigenvalue weighted by Gasteiger charge is -2.04. The van der Waals surface area contributed by atoms with Crippen molar-refractivity contribution in [3.63, 3.8) is 0 Å². The summed E-state index contributed by atoms with van der Waals surface area (Å²) in [7, 11) is 0. The molecule has 0 spiro atoms. The van der Waals surface area contributed by atoms with Gasteiger partial charge in [-0.25, -0.2) is 4.39 Å². The third kappa shape index (κ3) is 2.42. The molecule has 0 amide bonds. The van der Waals surface area contributed by atoms with Crippen molar-refractivity contribution >= 4 is 21.7 Å². The van der Waals surface area contributed by atoms with Crippen molar-refractivity contribution in [3.8, 4) is 0 Å². The van der Waals surface area contributed by atoms with E-state index < -0.39 is 5.82 Å². The van der Waals surface area contributed by atoms with Crippen molar-refractivity contribution in [2.45, 2.75) is 6.92 Å². The fourth-order valence-corrected chi connectivity index (χ4v) is 1.83. The molecule has 0 saturated carbocycles. The quantitative estimate of drug-likeness (QED) is 0.793. The molecule has 17 heavy (non-hydrogen) atoms. The number of carbonyl (C=O) groups excluding carboxylic acids is 1. The summed E-state index contributed by atoms with van der Waals surface area (Å²) in [6.07, 6.45) is 2.44. The first kappa shape index (κ1) is 11.9. The van der Waals surface area contributed by atoms with Crippen molar-refractivity contribution in [2.24, 2.45) is 0 Å². The number of carbonyl (C=O) groups is 1. The Balaban J connectivity index is 2.44. The van der Waals surface area contributed by atoms with Gasteiger partial charge in [-0.3, -0.25) is 9.78 Å². The number of hydrogen-bond donors (Lipinski definition) is 0. The van der Waals surface area contributed by atoms with Crippen LogP contribution in [0.15, 0.2) is 41.1 Å². The Kier molecular flexibility index (Phi) is 3.33. The van der Waals surface area contributed by atoms with Gasteiger partial charge in [0.05, 0.1) is 11.8 Å². The van der Waals surface area contributed by atoms with Crippen molar-refractivity contribution < 1.29 is 9.18 Å². The second-order valence-electron chi connectivity index (χ2n) is 3.65. The molecule has 4 heteroatoms. The number of rotatable bonds is 2. The van der Waals surface area contributed by atoms with Gasteiger partial charge in [0.15, 0.2) is 11.6 Å². The summed E-state index contributed by atoms with van der Waals surface area (Å²) < 4.78 is 14.2. The van der Waals surface area contributed by atoms with Crippen LogP contribution in [0.3, 0.4) is 0 Å². The van der Waals surface area contributed by atoms with E-state index in [0.29, 0.717) is 5.56 Å². The van der Waals surface area contributed by atoms with Crippen LogP contribution >= 0.6 is 15.9 Å². The predicted molar refractivity (Wildman–Crippen MR) is 66.5 cm³/mol. The molecule has 0 atom stereocenters. The minimum atomic E-state index is -0.603. The Morgan fingerprint density at radius 2 is 2.12 bits per heavy atom. The van der Waals surface area contributed by atoms with E-state index in [0.717, 1.165) is 16.2 Å². The molecule has 1 heterocycles. The zero-order valence-electron chi connectivity index (χ0n) is 9.08. The lowest BCUT2D eigenvalue weighted by molar-refractivity contribution is 0.103. The van der Waals surface area contributed by atoms with Crippen LogP contribution in [0.5, 0.6) is 0 Å². The van der Waals surface area contributed by atoms with Gasteiger partial charge in [-0.15, -0.1) is 0 Å². The van der Waals surface area contributed by atoms with Crippen LogP contribution in [0.1, 0.15) is 21.5 Å². The SMILES string of the molecule is Cc1ccc(C(=O)c2ccncc2F)cc1Br. The first-order valence-electron chi connectivity index (χ1n) is 5.00. The summed E-state index contributed by atoms with van der Waals surface area (Å²) in [4.78, 5) is 15.7. The minimum absolute atomic E-state index is 0.0377. The lowest BCUT2D eigenvalue weighted by atomic mass is 10.0. The number of pyridine rings is 1. The highest BCUT2D eigenvalue weighted by Crippen LogP contribution is 2.20. The average molecular weight is 294 g/mol. The number of aromatic nitrogens is 1. The molecule has 0 bridgehead atoms. The molecule has 1 aromatic heterocycles. The highest BCUT2D eigenvalue weighted by atomic mass is 79.9. The van der Waals surface area contributed by atoms with Crippen molar-refractivity contribution in [1.29, 1.82) is 0 Å². The number of aryl methyl sites for hydroxylation is 1. The van der Waals surface area contributed by atoms with Crippen LogP contribution in [0.25, 0.3) is 0 Å². The second-order valence-corrected chi connectivity index (χ2v) is 4.50. The molecule has 0 N–H and O–H groups in total. The van der Waals surface area contributed by atoms with E-state index in [1.165, 1.54) is 12.3 Å². The van der Waals surface area contributed by atoms with Crippen molar-refractivity contribution in [2.75, 3.05) is 0 Å². The molecule has 0 saturated heterocycles. The Bertz CT molecular complexity index is 583. The third-order valence-electron chi connectivity index (χ3n) is 2.45. The van der Waals surface area contributed by atoms with Gasteiger partial charge in [0.1, 0.15) is 0 Å². The van der Waals surface area contributed by atoms with Gasteiger partial charge in [-0.05, 0) is 24.6 Å². The smallest absolute Gasteiger partial charge is 0.196 e. The van der Waals surface area contributed by atoms with Gasteiger partial charge < -0.3 is 0 Å². The van der Waals surface area contributed by atoms with Crippen LogP contribution in [-0.2, 0) is 0 Å². The molecule has 0 aliphatic carbocycles. The maximum Gasteiger partial charge on any atom is 0.196 e. The maximum absolute atomic E-state index is 13.4. The van der Waals surface area contributed by atoms with Gasteiger partial charge in [0, 0.05) is 16.2 Å². The fraction of sp³-hybridized carbons (Fsp3) is 0.0769. The molecule has 0 unspecified atom stereocenters. The van der Waals surface area contributed by atoms with Crippen molar-refractivity contribution in [3.05, 3.63) is 63.6 Å². The average Bonchev–Trinajstić information content (AvgIpc) is 2.32. The minimum Gasteiger partial charge on any atom is -0.288 e. The van der Waals surface area contributed by atoms with E-state index in [2.05, 4.69) is 20.9 Å². The predicted octanol–water partition coefficient (Wildman–Crippen LogP) is 3.52. The normalized spacial score (nSPS) is 10.3. The van der Waals surface area contributed by atoms with Gasteiger partial charge in [-0.1, -0.05) is 28.1 Å². The van der Waals surface area contributed by atoms with Gasteiger partial charge >= 0.3 is 0 Å². The zero-order valence-corrected chi connectivity index (χ0v) is 10.7. The highest BCUT2D eigenvalue weighted by Gasteiger charge is 2.14. The van der Waals surface area contributed by atoms with E-state index in [1.807, 2.05) is 13.0 Å². The standard InChI is InChI=1S/C13H9BrFNO/c1-8-2-3-9(6-11(8)14)13(17)10-4-5-16-7-12(10)15/h2-7H,1H3. The number of benzene rings is 1. The zero-order chi connectivity index (χ0) is 12.4. The maximum atomic E-state index is 13.4. The Hall–Kier alpha value is -1.55. The van der Waals surface area contributed by atoms with E-state index in [1.54, 1.807) is 12.1 Å². The van der Waals surface area contributed by atoms with Crippen molar-refractivity contribution in [1.82, 2.24) is 4.98 Å². The first-order chi connectivity index (χ1) is 8.09. The molecule has 0 aliphatic rings. The summed E-state index contributed by atoms with van der Waals surface area (Å²) in [6, 6.07) is 6.57. The van der Waals surface area contributed by atoms with E-state index in [-0.39, 0.29) is 11.3 Å². The van der Waals surface area contributed by atoms with Crippen LogP contribution < -0.4 is 0 Å². The lowest BCUT2D eigenvalue weighted by Crippen LogP contribution is -2.04. The highest BCUT2D eigenvalue weighted by molar-refractivity contribution is 9.10. The second kappa shape index (κ2) is 4.75. The molecule has 2 nitrogen and oxygen atoms in total. The van der Waals surface area contributed by atoms with Crippen LogP contribution in [0, 0.1) is 12.7 Å².